The Kier molecular flexibility index (Phi) is 5.32. The fraction of sp³-hybridized carbons (Fsp3) is 1.00. The standard InChI is InChI=1S/C12H25NS/c1-11(2)12(6-7-12)10-13-8-4-5-9-14-3/h11,13H,4-10H2,1-3H3. The van der Waals surface area contributed by atoms with E-state index >= 15 is 0 Å². The largest absolute Gasteiger partial charge is 0.316 e. The third kappa shape index (κ3) is 3.82. The molecule has 1 aliphatic rings. The van der Waals surface area contributed by atoms with Gasteiger partial charge in [-0.2, -0.15) is 11.8 Å². The molecule has 14 heavy (non-hydrogen) atoms. The van der Waals surface area contributed by atoms with Crippen molar-refractivity contribution in [3.63, 3.8) is 0 Å². The van der Waals surface area contributed by atoms with E-state index in [0.717, 1.165) is 5.92 Å². The number of rotatable bonds is 8. The van der Waals surface area contributed by atoms with Crippen LogP contribution in [0.5, 0.6) is 0 Å². The highest BCUT2D eigenvalue weighted by Gasteiger charge is 2.44. The van der Waals surface area contributed by atoms with Gasteiger partial charge in [0.05, 0.1) is 0 Å². The van der Waals surface area contributed by atoms with Crippen LogP contribution in [0.2, 0.25) is 0 Å². The van der Waals surface area contributed by atoms with E-state index in [4.69, 9.17) is 0 Å². The van der Waals surface area contributed by atoms with Crippen LogP contribution in [-0.2, 0) is 0 Å². The van der Waals surface area contributed by atoms with Crippen molar-refractivity contribution in [1.82, 2.24) is 5.32 Å². The second kappa shape index (κ2) is 6.02. The first-order valence-electron chi connectivity index (χ1n) is 5.91. The van der Waals surface area contributed by atoms with E-state index in [9.17, 15) is 0 Å². The highest BCUT2D eigenvalue weighted by Crippen LogP contribution is 2.51. The molecule has 0 heterocycles. The van der Waals surface area contributed by atoms with Crippen molar-refractivity contribution >= 4 is 11.8 Å². The van der Waals surface area contributed by atoms with Crippen LogP contribution < -0.4 is 5.32 Å². The van der Waals surface area contributed by atoms with E-state index in [1.165, 1.54) is 44.5 Å². The average Bonchev–Trinajstić information content (AvgIpc) is 2.92. The van der Waals surface area contributed by atoms with Crippen molar-refractivity contribution < 1.29 is 0 Å². The average molecular weight is 215 g/mol. The minimum Gasteiger partial charge on any atom is -0.316 e. The number of nitrogens with one attached hydrogen (secondary N) is 1. The zero-order valence-corrected chi connectivity index (χ0v) is 10.8. The molecule has 0 aliphatic heterocycles. The van der Waals surface area contributed by atoms with Gasteiger partial charge in [0.1, 0.15) is 0 Å². The second-order valence-corrected chi connectivity index (χ2v) is 5.88. The van der Waals surface area contributed by atoms with Gasteiger partial charge in [0.25, 0.3) is 0 Å². The molecule has 84 valence electrons. The van der Waals surface area contributed by atoms with Gasteiger partial charge in [-0.25, -0.2) is 0 Å². The van der Waals surface area contributed by atoms with Gasteiger partial charge in [0.2, 0.25) is 0 Å². The molecule has 1 fully saturated rings. The van der Waals surface area contributed by atoms with E-state index in [1.807, 2.05) is 11.8 Å². The summed E-state index contributed by atoms with van der Waals surface area (Å²) < 4.78 is 0. The molecule has 0 bridgehead atoms. The molecule has 1 nitrogen and oxygen atoms in total. The molecular formula is C12H25NS. The first kappa shape index (κ1) is 12.4. The van der Waals surface area contributed by atoms with Crippen LogP contribution in [0.15, 0.2) is 0 Å². The van der Waals surface area contributed by atoms with Crippen LogP contribution >= 0.6 is 11.8 Å². The fourth-order valence-corrected chi connectivity index (χ4v) is 2.45. The first-order chi connectivity index (χ1) is 6.71. The molecule has 1 rings (SSSR count). The molecule has 0 saturated heterocycles. The minimum absolute atomic E-state index is 0.680. The smallest absolute Gasteiger partial charge is 0.00103 e. The molecule has 0 radical (unpaired) electrons. The van der Waals surface area contributed by atoms with E-state index < -0.39 is 0 Å². The summed E-state index contributed by atoms with van der Waals surface area (Å²) in [5.74, 6) is 2.18. The van der Waals surface area contributed by atoms with E-state index in [2.05, 4.69) is 25.4 Å². The van der Waals surface area contributed by atoms with Gasteiger partial charge in [-0.3, -0.25) is 0 Å². The molecule has 0 atom stereocenters. The Morgan fingerprint density at radius 3 is 2.50 bits per heavy atom. The lowest BCUT2D eigenvalue weighted by Crippen LogP contribution is -2.28. The molecule has 0 aromatic heterocycles. The topological polar surface area (TPSA) is 12.0 Å². The monoisotopic (exact) mass is 215 g/mol. The molecule has 1 aliphatic carbocycles. The fourth-order valence-electron chi connectivity index (χ4n) is 1.95. The molecule has 1 saturated carbocycles. The molecule has 0 spiro atoms. The Balaban J connectivity index is 1.94. The van der Waals surface area contributed by atoms with Gasteiger partial charge >= 0.3 is 0 Å². The Morgan fingerprint density at radius 1 is 1.29 bits per heavy atom. The quantitative estimate of drug-likeness (QED) is 0.624. The van der Waals surface area contributed by atoms with Crippen molar-refractivity contribution in [2.75, 3.05) is 25.1 Å². The van der Waals surface area contributed by atoms with Crippen LogP contribution in [0.1, 0.15) is 39.5 Å². The van der Waals surface area contributed by atoms with Gasteiger partial charge in [0.15, 0.2) is 0 Å². The number of hydrogen-bond donors (Lipinski definition) is 1. The molecule has 0 unspecified atom stereocenters. The maximum absolute atomic E-state index is 3.62. The summed E-state index contributed by atoms with van der Waals surface area (Å²) in [7, 11) is 0. The van der Waals surface area contributed by atoms with E-state index in [-0.39, 0.29) is 0 Å². The third-order valence-electron chi connectivity index (χ3n) is 3.55. The molecular weight excluding hydrogens is 190 g/mol. The number of thioether (sulfide) groups is 1. The van der Waals surface area contributed by atoms with Gasteiger partial charge < -0.3 is 5.32 Å². The number of hydrogen-bond acceptors (Lipinski definition) is 2. The van der Waals surface area contributed by atoms with E-state index in [0.29, 0.717) is 5.41 Å². The summed E-state index contributed by atoms with van der Waals surface area (Å²) >= 11 is 1.95. The lowest BCUT2D eigenvalue weighted by atomic mass is 9.92. The van der Waals surface area contributed by atoms with Crippen molar-refractivity contribution in [3.8, 4) is 0 Å². The zero-order chi connectivity index (χ0) is 10.4. The summed E-state index contributed by atoms with van der Waals surface area (Å²) in [6, 6.07) is 0. The van der Waals surface area contributed by atoms with Crippen LogP contribution in [0, 0.1) is 11.3 Å². The van der Waals surface area contributed by atoms with Gasteiger partial charge in [-0.05, 0) is 55.6 Å². The lowest BCUT2D eigenvalue weighted by molar-refractivity contribution is 0.338. The zero-order valence-electron chi connectivity index (χ0n) is 9.94. The summed E-state index contributed by atoms with van der Waals surface area (Å²) in [4.78, 5) is 0. The molecule has 2 heteroatoms. The van der Waals surface area contributed by atoms with Crippen LogP contribution in [0.4, 0.5) is 0 Å². The minimum atomic E-state index is 0.680. The molecule has 0 aromatic rings. The van der Waals surface area contributed by atoms with Crippen molar-refractivity contribution in [2.24, 2.45) is 11.3 Å². The predicted molar refractivity (Wildman–Crippen MR) is 67.0 cm³/mol. The maximum Gasteiger partial charge on any atom is 0.00103 e. The van der Waals surface area contributed by atoms with Crippen LogP contribution in [0.3, 0.4) is 0 Å². The number of unbranched alkanes of at least 4 members (excludes halogenated alkanes) is 1. The Hall–Kier alpha value is 0.310. The van der Waals surface area contributed by atoms with Crippen molar-refractivity contribution in [2.45, 2.75) is 39.5 Å². The summed E-state index contributed by atoms with van der Waals surface area (Å²) in [5.41, 5.74) is 0.680. The van der Waals surface area contributed by atoms with E-state index in [1.54, 1.807) is 0 Å². The Morgan fingerprint density at radius 2 is 2.00 bits per heavy atom. The van der Waals surface area contributed by atoms with Crippen molar-refractivity contribution in [1.29, 1.82) is 0 Å². The molecule has 0 amide bonds. The highest BCUT2D eigenvalue weighted by molar-refractivity contribution is 7.98. The first-order valence-corrected chi connectivity index (χ1v) is 7.30. The van der Waals surface area contributed by atoms with Crippen molar-refractivity contribution in [3.05, 3.63) is 0 Å². The van der Waals surface area contributed by atoms with Gasteiger partial charge in [-0.1, -0.05) is 13.8 Å². The third-order valence-corrected chi connectivity index (χ3v) is 4.24. The molecule has 0 aromatic carbocycles. The van der Waals surface area contributed by atoms with Crippen LogP contribution in [0.25, 0.3) is 0 Å². The second-order valence-electron chi connectivity index (χ2n) is 4.89. The highest BCUT2D eigenvalue weighted by atomic mass is 32.2. The maximum atomic E-state index is 3.62. The normalized spacial score (nSPS) is 18.9. The summed E-state index contributed by atoms with van der Waals surface area (Å²) in [6.45, 7) is 7.20. The summed E-state index contributed by atoms with van der Waals surface area (Å²) in [5, 5.41) is 3.62. The van der Waals surface area contributed by atoms with Crippen LogP contribution in [-0.4, -0.2) is 25.1 Å². The Bertz CT molecular complexity index is 152. The van der Waals surface area contributed by atoms with Gasteiger partial charge in [-0.15, -0.1) is 0 Å². The lowest BCUT2D eigenvalue weighted by Gasteiger charge is -2.19. The summed E-state index contributed by atoms with van der Waals surface area (Å²) in [6.07, 6.45) is 7.79. The molecule has 1 N–H and O–H groups in total. The van der Waals surface area contributed by atoms with Gasteiger partial charge in [0, 0.05) is 6.54 Å². The predicted octanol–water partition coefficient (Wildman–Crippen LogP) is 3.16. The Labute approximate surface area is 93.4 Å². The SMILES string of the molecule is CSCCCCNCC1(C(C)C)CC1.